The predicted octanol–water partition coefficient (Wildman–Crippen LogP) is 3.06. The molecule has 0 aliphatic carbocycles. The lowest BCUT2D eigenvalue weighted by atomic mass is 11.6. The number of nitrogens with zero attached hydrogens (tertiary/aromatic N) is 2. The summed E-state index contributed by atoms with van der Waals surface area (Å²) in [6.07, 6.45) is 0. The van der Waals surface area contributed by atoms with E-state index in [1.54, 1.807) is 0 Å². The summed E-state index contributed by atoms with van der Waals surface area (Å²) in [5.41, 5.74) is -3.45. The van der Waals surface area contributed by atoms with Crippen LogP contribution in [0.3, 0.4) is 0 Å². The fourth-order valence-corrected chi connectivity index (χ4v) is 0.708. The van der Waals surface area contributed by atoms with Gasteiger partial charge in [-0.25, -0.2) is 0 Å². The maximum absolute atomic E-state index is 12.3. The maximum atomic E-state index is 12.3. The minimum Gasteiger partial charge on any atom is -0.275 e. The molecule has 0 heterocycles. The van der Waals surface area contributed by atoms with Crippen LogP contribution in [0.4, 0.5) is 13.0 Å². The molecule has 0 atom stereocenters. The minimum atomic E-state index is -5.32. The summed E-state index contributed by atoms with van der Waals surface area (Å²) in [5.74, 6) is 0. The van der Waals surface area contributed by atoms with E-state index in [4.69, 9.17) is 0 Å². The molecule has 13 heavy (non-hydrogen) atoms. The Morgan fingerprint density at radius 3 is 1.69 bits per heavy atom. The SMILES string of the molecule is O=P(F)(O/N=C(\F)Cl)O/N=C(\F)Cl. The first kappa shape index (κ1) is 12.5. The van der Waals surface area contributed by atoms with Crippen LogP contribution in [0.2, 0.25) is 0 Å². The topological polar surface area (TPSA) is 60.2 Å². The zero-order valence-electron chi connectivity index (χ0n) is 5.46. The fraction of sp³-hybridized carbons (Fsp3) is 0. The van der Waals surface area contributed by atoms with Crippen LogP contribution in [0.25, 0.3) is 0 Å². The Morgan fingerprint density at radius 2 is 1.46 bits per heavy atom. The summed E-state index contributed by atoms with van der Waals surface area (Å²) in [7, 11) is -5.32. The Hall–Kier alpha value is -0.460. The molecule has 0 saturated carbocycles. The van der Waals surface area contributed by atoms with Gasteiger partial charge in [0.15, 0.2) is 0 Å². The van der Waals surface area contributed by atoms with E-state index in [9.17, 15) is 17.5 Å². The summed E-state index contributed by atoms with van der Waals surface area (Å²) < 4.78 is 52.1. The Bertz CT molecular complexity index is 252. The van der Waals surface area contributed by atoms with E-state index < -0.39 is 18.8 Å². The van der Waals surface area contributed by atoms with Crippen LogP contribution < -0.4 is 0 Å². The lowest BCUT2D eigenvalue weighted by Gasteiger charge is -1.99. The molecule has 0 rings (SSSR count). The molecule has 0 aliphatic rings. The molecule has 0 aliphatic heterocycles. The van der Waals surface area contributed by atoms with Crippen LogP contribution >= 0.6 is 31.1 Å². The zero-order chi connectivity index (χ0) is 10.5. The molecule has 0 radical (unpaired) electrons. The van der Waals surface area contributed by atoms with Gasteiger partial charge in [0.1, 0.15) is 0 Å². The monoisotopic (exact) mass is 258 g/mol. The molecule has 76 valence electrons. The molecule has 11 heteroatoms. The third-order valence-electron chi connectivity index (χ3n) is 0.415. The van der Waals surface area contributed by atoms with Crippen molar-refractivity contribution in [2.45, 2.75) is 0 Å². The third-order valence-corrected chi connectivity index (χ3v) is 1.11. The van der Waals surface area contributed by atoms with E-state index in [0.717, 1.165) is 0 Å². The van der Waals surface area contributed by atoms with Crippen LogP contribution in [-0.4, -0.2) is 10.8 Å². The number of hydrogen-bond acceptors (Lipinski definition) is 5. The highest BCUT2D eigenvalue weighted by atomic mass is 35.5. The maximum Gasteiger partial charge on any atom is 0.671 e. The van der Waals surface area contributed by atoms with Crippen molar-refractivity contribution in [3.63, 3.8) is 0 Å². The van der Waals surface area contributed by atoms with Gasteiger partial charge < -0.3 is 0 Å². The number of halogens is 5. The van der Waals surface area contributed by atoms with E-state index in [-0.39, 0.29) is 0 Å². The molecule has 0 aromatic heterocycles. The van der Waals surface area contributed by atoms with Crippen molar-refractivity contribution in [3.8, 4) is 0 Å². The van der Waals surface area contributed by atoms with Crippen LogP contribution in [0.5, 0.6) is 0 Å². The van der Waals surface area contributed by atoms with E-state index in [2.05, 4.69) is 42.8 Å². The van der Waals surface area contributed by atoms with Crippen molar-refractivity contribution in [2.24, 2.45) is 10.3 Å². The van der Waals surface area contributed by atoms with Crippen molar-refractivity contribution >= 4 is 42.0 Å². The molecule has 0 aromatic carbocycles. The fourth-order valence-electron chi connectivity index (χ4n) is 0.174. The van der Waals surface area contributed by atoms with Gasteiger partial charge in [0.2, 0.25) is 0 Å². The summed E-state index contributed by atoms with van der Waals surface area (Å²) >= 11 is 8.85. The Kier molecular flexibility index (Phi) is 5.12. The van der Waals surface area contributed by atoms with Crippen molar-refractivity contribution < 1.29 is 26.8 Å². The van der Waals surface area contributed by atoms with Gasteiger partial charge in [-0.2, -0.15) is 13.3 Å². The van der Waals surface area contributed by atoms with E-state index in [1.165, 1.54) is 0 Å². The number of oxime groups is 2. The summed E-state index contributed by atoms with van der Waals surface area (Å²) in [6, 6.07) is 0. The lowest BCUT2D eigenvalue weighted by Crippen LogP contribution is -1.84. The molecule has 0 saturated heterocycles. The zero-order valence-corrected chi connectivity index (χ0v) is 7.86. The highest BCUT2D eigenvalue weighted by Crippen LogP contribution is 2.50. The van der Waals surface area contributed by atoms with Gasteiger partial charge in [-0.05, 0) is 33.5 Å². The molecule has 0 N–H and O–H groups in total. The first-order valence-electron chi connectivity index (χ1n) is 2.29. The highest BCUT2D eigenvalue weighted by Gasteiger charge is 2.29. The van der Waals surface area contributed by atoms with E-state index in [1.807, 2.05) is 0 Å². The second-order valence-corrected chi connectivity index (χ2v) is 3.07. The average molecular weight is 259 g/mol. The Morgan fingerprint density at radius 1 is 1.15 bits per heavy atom. The van der Waals surface area contributed by atoms with Gasteiger partial charge in [-0.15, -0.1) is 4.20 Å². The highest BCUT2D eigenvalue weighted by molar-refractivity contribution is 7.47. The summed E-state index contributed by atoms with van der Waals surface area (Å²) in [5, 5.41) is 4.18. The molecule has 0 amide bonds. The predicted molar refractivity (Wildman–Crippen MR) is 39.7 cm³/mol. The molecular formula is C2Cl2F3N2O3P. The van der Waals surface area contributed by atoms with Gasteiger partial charge in [0.05, 0.1) is 0 Å². The standard InChI is InChI=1S/C2Cl2F3N2O3P/c3-1(5)8-11-13(7,10)12-9-2(4)6/b8-1-,9-2-. The van der Waals surface area contributed by atoms with Gasteiger partial charge in [-0.3, -0.25) is 9.25 Å². The van der Waals surface area contributed by atoms with Crippen molar-refractivity contribution in [1.82, 2.24) is 0 Å². The Labute approximate surface area is 79.7 Å². The molecular weight excluding hydrogens is 259 g/mol. The average Bonchev–Trinajstić information content (AvgIpc) is 1.98. The quantitative estimate of drug-likeness (QED) is 0.442. The first-order chi connectivity index (χ1) is 5.83. The molecule has 0 fully saturated rings. The number of rotatable bonds is 4. The summed E-state index contributed by atoms with van der Waals surface area (Å²) in [4.78, 5) is 0. The largest absolute Gasteiger partial charge is 0.671 e. The molecule has 0 aromatic rings. The van der Waals surface area contributed by atoms with Crippen LogP contribution in [0, 0.1) is 0 Å². The van der Waals surface area contributed by atoms with Gasteiger partial charge in [0.25, 0.3) is 0 Å². The van der Waals surface area contributed by atoms with Gasteiger partial charge in [0, 0.05) is 0 Å². The second kappa shape index (κ2) is 5.31. The first-order valence-corrected chi connectivity index (χ1v) is 4.47. The van der Waals surface area contributed by atoms with Crippen LogP contribution in [0.15, 0.2) is 10.3 Å². The van der Waals surface area contributed by atoms with E-state index >= 15 is 0 Å². The summed E-state index contributed by atoms with van der Waals surface area (Å²) in [6.45, 7) is 0. The van der Waals surface area contributed by atoms with Gasteiger partial charge >= 0.3 is 18.8 Å². The smallest absolute Gasteiger partial charge is 0.275 e. The molecule has 5 nitrogen and oxygen atoms in total. The molecule has 0 unspecified atom stereocenters. The van der Waals surface area contributed by atoms with Crippen LogP contribution in [0.1, 0.15) is 0 Å². The molecule has 0 bridgehead atoms. The van der Waals surface area contributed by atoms with Gasteiger partial charge in [-0.1, -0.05) is 0 Å². The van der Waals surface area contributed by atoms with Crippen molar-refractivity contribution in [1.29, 1.82) is 0 Å². The lowest BCUT2D eigenvalue weighted by molar-refractivity contribution is 0.183. The van der Waals surface area contributed by atoms with Crippen molar-refractivity contribution in [3.05, 3.63) is 0 Å². The second-order valence-electron chi connectivity index (χ2n) is 1.26. The van der Waals surface area contributed by atoms with Crippen LogP contribution in [-0.2, 0) is 13.8 Å². The Balaban J connectivity index is 4.18. The minimum absolute atomic E-state index is 1.73. The third kappa shape index (κ3) is 7.89. The van der Waals surface area contributed by atoms with E-state index in [0.29, 0.717) is 0 Å². The molecule has 0 spiro atoms. The number of hydrogen-bond donors (Lipinski definition) is 0. The van der Waals surface area contributed by atoms with Crippen molar-refractivity contribution in [2.75, 3.05) is 0 Å². The normalized spacial score (nSPS) is 14.2.